The van der Waals surface area contributed by atoms with Gasteiger partial charge < -0.3 is 23.8 Å². The first-order valence-corrected chi connectivity index (χ1v) is 17.2. The van der Waals surface area contributed by atoms with Crippen LogP contribution in [0.2, 0.25) is 0 Å². The number of pyridine rings is 1. The van der Waals surface area contributed by atoms with Crippen LogP contribution in [0.25, 0.3) is 28.0 Å². The molecule has 1 saturated heterocycles. The number of benzene rings is 2. The molecule has 3 aliphatic rings. The average Bonchev–Trinajstić information content (AvgIpc) is 3.47. The summed E-state index contributed by atoms with van der Waals surface area (Å²) in [6, 6.07) is 11.9. The van der Waals surface area contributed by atoms with Gasteiger partial charge in [-0.3, -0.25) is 4.40 Å². The number of halogens is 2. The Labute approximate surface area is 287 Å². The lowest BCUT2D eigenvalue weighted by atomic mass is 9.92. The van der Waals surface area contributed by atoms with Crippen LogP contribution in [-0.2, 0) is 19.0 Å². The fourth-order valence-corrected chi connectivity index (χ4v) is 6.88. The molecule has 0 spiro atoms. The minimum Gasteiger partial charge on any atom is -0.490 e. The predicted molar refractivity (Wildman–Crippen MR) is 186 cm³/mol. The number of aromatic nitrogens is 2. The molecule has 0 unspecified atom stereocenters. The van der Waals surface area contributed by atoms with Gasteiger partial charge in [0.05, 0.1) is 30.1 Å². The molecule has 0 N–H and O–H groups in total. The molecule has 7 rings (SSSR count). The van der Waals surface area contributed by atoms with E-state index >= 15 is 0 Å². The zero-order valence-corrected chi connectivity index (χ0v) is 29.6. The minimum absolute atomic E-state index is 0.207. The topological polar surface area (TPSA) is 74.5 Å². The number of methoxy groups -OCH3 is 1. The summed E-state index contributed by atoms with van der Waals surface area (Å²) in [4.78, 5) is 20.8. The molecular weight excluding hydrogens is 628 g/mol. The molecule has 6 bridgehead atoms. The van der Waals surface area contributed by atoms with E-state index in [1.807, 2.05) is 75.5 Å². The van der Waals surface area contributed by atoms with Crippen molar-refractivity contribution in [3.63, 3.8) is 0 Å². The summed E-state index contributed by atoms with van der Waals surface area (Å²) in [6.45, 7) is 13.9. The number of ether oxygens (including phenoxy) is 4. The van der Waals surface area contributed by atoms with Gasteiger partial charge in [-0.25, -0.2) is 18.6 Å². The van der Waals surface area contributed by atoms with Crippen molar-refractivity contribution in [3.8, 4) is 28.1 Å². The lowest BCUT2D eigenvalue weighted by molar-refractivity contribution is -0.164. The van der Waals surface area contributed by atoms with E-state index in [1.54, 1.807) is 0 Å². The number of carbonyl (C=O) groups is 1. The highest BCUT2D eigenvalue weighted by Gasteiger charge is 2.37. The Balaban J connectivity index is 1.55. The zero-order chi connectivity index (χ0) is 35.1. The number of hydrogen-bond acceptors (Lipinski definition) is 7. The number of carbonyl (C=O) groups excluding carboxylic acids is 1. The predicted octanol–water partition coefficient (Wildman–Crippen LogP) is 8.61. The monoisotopic (exact) mass is 675 g/mol. The maximum absolute atomic E-state index is 14.7. The van der Waals surface area contributed by atoms with E-state index in [4.69, 9.17) is 23.9 Å². The second-order valence-corrected chi connectivity index (χ2v) is 14.6. The summed E-state index contributed by atoms with van der Waals surface area (Å²) in [5, 5.41) is 0. The Bertz CT molecular complexity index is 1840. The average molecular weight is 676 g/mol. The Kier molecular flexibility index (Phi) is 9.74. The summed E-state index contributed by atoms with van der Waals surface area (Å²) in [7, 11) is 1.38. The van der Waals surface area contributed by atoms with Gasteiger partial charge in [-0.15, -0.1) is 0 Å². The van der Waals surface area contributed by atoms with Crippen LogP contribution in [0.5, 0.6) is 5.75 Å². The number of rotatable bonds is 3. The number of piperidine rings is 1. The third-order valence-corrected chi connectivity index (χ3v) is 9.52. The minimum atomic E-state index is -0.970. The van der Waals surface area contributed by atoms with Crippen LogP contribution in [0.15, 0.2) is 48.7 Å². The molecule has 2 atom stereocenters. The van der Waals surface area contributed by atoms with Crippen LogP contribution in [0.3, 0.4) is 0 Å². The van der Waals surface area contributed by atoms with E-state index in [1.165, 1.54) is 13.2 Å². The van der Waals surface area contributed by atoms with E-state index in [-0.39, 0.29) is 17.5 Å². The van der Waals surface area contributed by atoms with Gasteiger partial charge in [-0.05, 0) is 103 Å². The van der Waals surface area contributed by atoms with Gasteiger partial charge in [0, 0.05) is 48.6 Å². The van der Waals surface area contributed by atoms with E-state index in [2.05, 4.69) is 11.8 Å². The highest BCUT2D eigenvalue weighted by atomic mass is 19.2. The number of aryl methyl sites for hydroxylation is 1. The molecule has 49 heavy (non-hydrogen) atoms. The molecule has 2 aromatic heterocycles. The standard InChI is InChI=1S/C39H47F2N3O5/c1-24-19-33-42-31-23-44(33)36(34(24)35(37(45)46-7)49-38(3,4)5)43-16-14-39(6,15-17-43)47-18-9-8-11-25(2)48-32-22-30(41)29(40)21-28(32)26-12-10-13-27(31)20-26/h10,12-13,19-23,25,35H,8-9,11,14-18H2,1-7H3/t25-,35-/m0/s1. The van der Waals surface area contributed by atoms with Gasteiger partial charge in [0.15, 0.2) is 17.7 Å². The molecule has 8 nitrogen and oxygen atoms in total. The molecule has 10 heteroatoms. The van der Waals surface area contributed by atoms with Gasteiger partial charge in [0.2, 0.25) is 0 Å². The summed E-state index contributed by atoms with van der Waals surface area (Å²) in [5.41, 5.74) is 3.98. The largest absolute Gasteiger partial charge is 0.490 e. The van der Waals surface area contributed by atoms with Crippen molar-refractivity contribution >= 4 is 17.4 Å². The van der Waals surface area contributed by atoms with Crippen LogP contribution in [0.4, 0.5) is 14.6 Å². The third kappa shape index (κ3) is 7.45. The first kappa shape index (κ1) is 34.8. The van der Waals surface area contributed by atoms with Crippen LogP contribution in [-0.4, -0.2) is 59.5 Å². The van der Waals surface area contributed by atoms with E-state index in [0.717, 1.165) is 60.7 Å². The summed E-state index contributed by atoms with van der Waals surface area (Å²) < 4.78 is 55.7. The van der Waals surface area contributed by atoms with E-state index < -0.39 is 29.3 Å². The number of nitrogens with zero attached hydrogens (tertiary/aromatic N) is 3. The fraction of sp³-hybridized carbons (Fsp3) is 0.487. The van der Waals surface area contributed by atoms with Crippen LogP contribution >= 0.6 is 0 Å². The molecule has 0 radical (unpaired) electrons. The first-order chi connectivity index (χ1) is 23.2. The Morgan fingerprint density at radius 2 is 1.78 bits per heavy atom. The second-order valence-electron chi connectivity index (χ2n) is 14.6. The van der Waals surface area contributed by atoms with Gasteiger partial charge >= 0.3 is 5.97 Å². The highest BCUT2D eigenvalue weighted by molar-refractivity contribution is 5.81. The lowest BCUT2D eigenvalue weighted by Crippen LogP contribution is -2.45. The maximum Gasteiger partial charge on any atom is 0.339 e. The number of fused-ring (bicyclic) bond motifs is 8. The normalized spacial score (nSPS) is 20.9. The molecule has 2 aromatic carbocycles. The number of imidazole rings is 1. The molecule has 0 aliphatic carbocycles. The van der Waals surface area contributed by atoms with Crippen LogP contribution in [0.1, 0.15) is 84.0 Å². The maximum atomic E-state index is 14.7. The van der Waals surface area contributed by atoms with Crippen molar-refractivity contribution in [3.05, 3.63) is 71.4 Å². The number of esters is 1. The van der Waals surface area contributed by atoms with Crippen molar-refractivity contribution in [2.45, 2.75) is 97.1 Å². The van der Waals surface area contributed by atoms with Gasteiger partial charge in [-0.1, -0.05) is 18.2 Å². The van der Waals surface area contributed by atoms with Gasteiger partial charge in [-0.2, -0.15) is 0 Å². The van der Waals surface area contributed by atoms with Crippen molar-refractivity contribution in [1.29, 1.82) is 0 Å². The smallest absolute Gasteiger partial charge is 0.339 e. The quantitative estimate of drug-likeness (QED) is 0.201. The van der Waals surface area contributed by atoms with Gasteiger partial charge in [0.25, 0.3) is 0 Å². The first-order valence-electron chi connectivity index (χ1n) is 17.2. The lowest BCUT2D eigenvalue weighted by Gasteiger charge is -2.42. The second kappa shape index (κ2) is 13.7. The highest BCUT2D eigenvalue weighted by Crippen LogP contribution is 2.41. The zero-order valence-electron chi connectivity index (χ0n) is 29.6. The molecular formula is C39H47F2N3O5. The van der Waals surface area contributed by atoms with E-state index in [9.17, 15) is 13.6 Å². The summed E-state index contributed by atoms with van der Waals surface area (Å²) in [5.74, 6) is -1.26. The molecule has 5 heterocycles. The summed E-state index contributed by atoms with van der Waals surface area (Å²) >= 11 is 0. The number of anilines is 1. The third-order valence-electron chi connectivity index (χ3n) is 9.52. The fourth-order valence-electron chi connectivity index (χ4n) is 6.88. The van der Waals surface area contributed by atoms with E-state index in [0.29, 0.717) is 42.2 Å². The molecule has 0 amide bonds. The van der Waals surface area contributed by atoms with Crippen LogP contribution < -0.4 is 9.64 Å². The molecule has 262 valence electrons. The van der Waals surface area contributed by atoms with Crippen LogP contribution in [0, 0.1) is 18.6 Å². The number of hydrogen-bond donors (Lipinski definition) is 0. The van der Waals surface area contributed by atoms with Crippen molar-refractivity contribution in [1.82, 2.24) is 9.38 Å². The Morgan fingerprint density at radius 1 is 1.06 bits per heavy atom. The Morgan fingerprint density at radius 3 is 2.49 bits per heavy atom. The van der Waals surface area contributed by atoms with Gasteiger partial charge in [0.1, 0.15) is 17.2 Å². The SMILES string of the molecule is COC(=O)[C@@H](OC(C)(C)C)c1c(C)cc2nc3cn2c1N1CCC(C)(CC1)OCCCC[C@H](C)Oc1cc(F)c(F)cc1-c1cccc-3c1. The molecule has 1 fully saturated rings. The molecule has 4 aromatic rings. The van der Waals surface area contributed by atoms with Crippen molar-refractivity contribution < 1.29 is 32.5 Å². The Hall–Kier alpha value is -4.02. The molecule has 3 aliphatic heterocycles. The van der Waals surface area contributed by atoms with Crippen molar-refractivity contribution in [2.24, 2.45) is 0 Å². The summed E-state index contributed by atoms with van der Waals surface area (Å²) in [6.07, 6.45) is 4.85. The van der Waals surface area contributed by atoms with Crippen molar-refractivity contribution in [2.75, 3.05) is 31.7 Å². The molecule has 0 saturated carbocycles.